The van der Waals surface area contributed by atoms with E-state index in [1.807, 2.05) is 49.4 Å². The Morgan fingerprint density at radius 3 is 2.59 bits per heavy atom. The van der Waals surface area contributed by atoms with Gasteiger partial charge in [-0.1, -0.05) is 30.3 Å². The molecule has 0 aliphatic carbocycles. The molecule has 2 rings (SSSR count). The molecule has 0 saturated carbocycles. The molecule has 3 heteroatoms. The van der Waals surface area contributed by atoms with E-state index in [2.05, 4.69) is 0 Å². The lowest BCUT2D eigenvalue weighted by Crippen LogP contribution is -2.19. The van der Waals surface area contributed by atoms with Crippen LogP contribution in [0.5, 0.6) is 0 Å². The van der Waals surface area contributed by atoms with Crippen molar-refractivity contribution in [2.45, 2.75) is 25.3 Å². The number of alkyl halides is 2. The third kappa shape index (κ3) is 3.22. The molecule has 90 valence electrons. The minimum Gasteiger partial charge on any atom is -0.227 e. The smallest absolute Gasteiger partial charge is 0.227 e. The number of hydrogen-bond acceptors (Lipinski definition) is 0. The van der Waals surface area contributed by atoms with Crippen LogP contribution in [0.3, 0.4) is 0 Å². The zero-order chi connectivity index (χ0) is 12.3. The summed E-state index contributed by atoms with van der Waals surface area (Å²) in [7, 11) is 0. The van der Waals surface area contributed by atoms with Gasteiger partial charge in [-0.25, -0.2) is 4.58 Å². The average Bonchev–Trinajstić information content (AvgIpc) is 2.53. The van der Waals surface area contributed by atoms with Crippen LogP contribution in [0.15, 0.2) is 36.4 Å². The Balaban J connectivity index is 2.04. The number of allylic oxidation sites excluding steroid dienone is 1. The van der Waals surface area contributed by atoms with Gasteiger partial charge in [-0.15, -0.1) is 0 Å². The van der Waals surface area contributed by atoms with Gasteiger partial charge in [0.25, 0.3) is 0 Å². The summed E-state index contributed by atoms with van der Waals surface area (Å²) in [6.07, 6.45) is 5.44. The van der Waals surface area contributed by atoms with Crippen molar-refractivity contribution in [1.82, 2.24) is 0 Å². The fraction of sp³-hybridized carbons (Fsp3) is 0.357. The van der Waals surface area contributed by atoms with Crippen LogP contribution in [0.25, 0.3) is 6.08 Å². The van der Waals surface area contributed by atoms with Crippen molar-refractivity contribution in [2.24, 2.45) is 0 Å². The van der Waals surface area contributed by atoms with Gasteiger partial charge in [0.05, 0.1) is 6.42 Å². The highest BCUT2D eigenvalue weighted by molar-refractivity contribution is 5.74. The molecule has 1 heterocycles. The first kappa shape index (κ1) is 12.0. The summed E-state index contributed by atoms with van der Waals surface area (Å²) >= 11 is 0. The number of halogens is 2. The summed E-state index contributed by atoms with van der Waals surface area (Å²) in [6.45, 7) is 1.65. The maximum absolute atomic E-state index is 13.1. The third-order valence-corrected chi connectivity index (χ3v) is 2.94. The van der Waals surface area contributed by atoms with Crippen molar-refractivity contribution in [2.75, 3.05) is 6.54 Å². The number of benzene rings is 1. The second kappa shape index (κ2) is 4.78. The zero-order valence-electron chi connectivity index (χ0n) is 9.81. The molecule has 1 aromatic carbocycles. The minimum absolute atomic E-state index is 0.0529. The molecule has 0 spiro atoms. The Morgan fingerprint density at radius 2 is 2.00 bits per heavy atom. The van der Waals surface area contributed by atoms with E-state index < -0.39 is 5.92 Å². The second-order valence-corrected chi connectivity index (χ2v) is 4.50. The summed E-state index contributed by atoms with van der Waals surface area (Å²) in [5.41, 5.74) is 1.07. The van der Waals surface area contributed by atoms with E-state index in [-0.39, 0.29) is 19.0 Å². The highest BCUT2D eigenvalue weighted by Gasteiger charge is 2.46. The molecular weight excluding hydrogens is 220 g/mol. The van der Waals surface area contributed by atoms with E-state index in [0.717, 1.165) is 5.56 Å². The SMILES string of the molecule is C[C@@H]1CC(F)(F)C[N+]1=C/C=C/c1ccccc1. The van der Waals surface area contributed by atoms with Gasteiger partial charge in [-0.3, -0.25) is 0 Å². The molecule has 1 nitrogen and oxygen atoms in total. The predicted octanol–water partition coefficient (Wildman–Crippen LogP) is 3.21. The Labute approximate surface area is 100 Å². The molecule has 1 atom stereocenters. The molecule has 1 aliphatic rings. The zero-order valence-corrected chi connectivity index (χ0v) is 9.81. The molecule has 0 aromatic heterocycles. The fourth-order valence-corrected chi connectivity index (χ4v) is 2.07. The molecule has 1 aliphatic heterocycles. The first-order chi connectivity index (χ1) is 8.07. The van der Waals surface area contributed by atoms with E-state index >= 15 is 0 Å². The van der Waals surface area contributed by atoms with Gasteiger partial charge in [0.1, 0.15) is 0 Å². The van der Waals surface area contributed by atoms with Gasteiger partial charge in [0, 0.05) is 6.08 Å². The van der Waals surface area contributed by atoms with Crippen molar-refractivity contribution in [3.8, 4) is 0 Å². The van der Waals surface area contributed by atoms with Gasteiger partial charge in [-0.2, -0.15) is 8.78 Å². The van der Waals surface area contributed by atoms with Crippen LogP contribution in [0.1, 0.15) is 18.9 Å². The average molecular weight is 236 g/mol. The Kier molecular flexibility index (Phi) is 3.36. The van der Waals surface area contributed by atoms with E-state index in [0.29, 0.717) is 0 Å². The third-order valence-electron chi connectivity index (χ3n) is 2.94. The monoisotopic (exact) mass is 236 g/mol. The van der Waals surface area contributed by atoms with Crippen LogP contribution < -0.4 is 0 Å². The second-order valence-electron chi connectivity index (χ2n) is 4.50. The van der Waals surface area contributed by atoms with Crippen molar-refractivity contribution >= 4 is 12.3 Å². The summed E-state index contributed by atoms with van der Waals surface area (Å²) in [4.78, 5) is 0. The van der Waals surface area contributed by atoms with Crippen molar-refractivity contribution in [3.05, 3.63) is 42.0 Å². The van der Waals surface area contributed by atoms with E-state index in [4.69, 9.17) is 0 Å². The molecule has 1 aromatic rings. The Bertz CT molecular complexity index is 435. The standard InChI is InChI=1S/C14H16F2N/c1-12-10-14(15,16)11-17(12)9-5-8-13-6-3-2-4-7-13/h2-9,12H,10-11H2,1H3/q+1/b8-5+,17-9?/t12-/m1/s1. The lowest BCUT2D eigenvalue weighted by molar-refractivity contribution is -0.542. The van der Waals surface area contributed by atoms with Gasteiger partial charge >= 0.3 is 5.92 Å². The number of nitrogens with zero attached hydrogens (tertiary/aromatic N) is 1. The van der Waals surface area contributed by atoms with Crippen LogP contribution in [0.2, 0.25) is 0 Å². The van der Waals surface area contributed by atoms with Crippen LogP contribution >= 0.6 is 0 Å². The topological polar surface area (TPSA) is 3.01 Å². The van der Waals surface area contributed by atoms with Crippen molar-refractivity contribution in [3.63, 3.8) is 0 Å². The van der Waals surface area contributed by atoms with Crippen molar-refractivity contribution in [1.29, 1.82) is 0 Å². The lowest BCUT2D eigenvalue weighted by Gasteiger charge is -1.98. The quantitative estimate of drug-likeness (QED) is 0.694. The highest BCUT2D eigenvalue weighted by atomic mass is 19.3. The largest absolute Gasteiger partial charge is 0.311 e. The van der Waals surface area contributed by atoms with Crippen LogP contribution in [0, 0.1) is 0 Å². The molecular formula is C14H16F2N+. The predicted molar refractivity (Wildman–Crippen MR) is 65.7 cm³/mol. The number of hydrogen-bond donors (Lipinski definition) is 0. The van der Waals surface area contributed by atoms with E-state index in [1.165, 1.54) is 0 Å². The van der Waals surface area contributed by atoms with Crippen LogP contribution in [-0.2, 0) is 0 Å². The first-order valence-corrected chi connectivity index (χ1v) is 5.77. The summed E-state index contributed by atoms with van der Waals surface area (Å²) in [5.74, 6) is -2.55. The summed E-state index contributed by atoms with van der Waals surface area (Å²) in [6, 6.07) is 9.71. The molecule has 0 unspecified atom stereocenters. The van der Waals surface area contributed by atoms with E-state index in [9.17, 15) is 8.78 Å². The maximum atomic E-state index is 13.1. The molecule has 0 radical (unpaired) electrons. The molecule has 17 heavy (non-hydrogen) atoms. The fourth-order valence-electron chi connectivity index (χ4n) is 2.07. The lowest BCUT2D eigenvalue weighted by atomic mass is 10.2. The van der Waals surface area contributed by atoms with Gasteiger partial charge < -0.3 is 0 Å². The highest BCUT2D eigenvalue weighted by Crippen LogP contribution is 2.28. The first-order valence-electron chi connectivity index (χ1n) is 5.77. The maximum Gasteiger partial charge on any atom is 0.311 e. The van der Waals surface area contributed by atoms with Crippen molar-refractivity contribution < 1.29 is 13.4 Å². The van der Waals surface area contributed by atoms with Gasteiger partial charge in [-0.05, 0) is 18.6 Å². The normalized spacial score (nSPS) is 25.8. The van der Waals surface area contributed by atoms with Crippen LogP contribution in [0.4, 0.5) is 8.78 Å². The Morgan fingerprint density at radius 1 is 1.29 bits per heavy atom. The van der Waals surface area contributed by atoms with Gasteiger partial charge in [0.15, 0.2) is 12.3 Å². The number of rotatable bonds is 2. The molecule has 0 N–H and O–H groups in total. The summed E-state index contributed by atoms with van der Waals surface area (Å²) in [5, 5.41) is 0. The molecule has 0 amide bonds. The van der Waals surface area contributed by atoms with Gasteiger partial charge in [0.2, 0.25) is 6.54 Å². The minimum atomic E-state index is -2.55. The Hall–Kier alpha value is -1.51. The van der Waals surface area contributed by atoms with Crippen LogP contribution in [-0.4, -0.2) is 29.3 Å². The van der Waals surface area contributed by atoms with E-state index in [1.54, 1.807) is 10.8 Å². The molecule has 1 fully saturated rings. The molecule has 0 bridgehead atoms. The summed E-state index contributed by atoms with van der Waals surface area (Å²) < 4.78 is 27.9. The molecule has 1 saturated heterocycles.